The Labute approximate surface area is 158 Å². The van der Waals surface area contributed by atoms with E-state index in [9.17, 15) is 12.6 Å². The van der Waals surface area contributed by atoms with E-state index in [0.717, 1.165) is 11.1 Å². The molecule has 0 saturated heterocycles. The van der Waals surface area contributed by atoms with Gasteiger partial charge in [-0.15, -0.1) is 0 Å². The zero-order valence-corrected chi connectivity index (χ0v) is 17.3. The average Bonchev–Trinajstić information content (AvgIpc) is 2.51. The van der Waals surface area contributed by atoms with E-state index in [-0.39, 0.29) is 4.90 Å². The molecule has 0 radical (unpaired) electrons. The maximum Gasteiger partial charge on any atom is 0.241 e. The predicted octanol–water partition coefficient (Wildman–Crippen LogP) is 3.33. The lowest BCUT2D eigenvalue weighted by Crippen LogP contribution is -2.37. The Bertz CT molecular complexity index is 872. The zero-order chi connectivity index (χ0) is 19.5. The van der Waals surface area contributed by atoms with Crippen LogP contribution in [0, 0.1) is 20.8 Å². The number of sulfonamides is 1. The van der Waals surface area contributed by atoms with E-state index < -0.39 is 33.2 Å². The van der Waals surface area contributed by atoms with E-state index >= 15 is 0 Å². The van der Waals surface area contributed by atoms with E-state index in [4.69, 9.17) is 4.18 Å². The molecule has 0 unspecified atom stereocenters. The lowest BCUT2D eigenvalue weighted by atomic mass is 10.0. The van der Waals surface area contributed by atoms with Crippen molar-refractivity contribution in [2.75, 3.05) is 6.26 Å². The lowest BCUT2D eigenvalue weighted by Gasteiger charge is -2.25. The van der Waals surface area contributed by atoms with Gasteiger partial charge in [-0.05, 0) is 44.4 Å². The highest BCUT2D eigenvalue weighted by molar-refractivity contribution is 7.89. The van der Waals surface area contributed by atoms with Gasteiger partial charge < -0.3 is 0 Å². The Morgan fingerprint density at radius 1 is 1.04 bits per heavy atom. The van der Waals surface area contributed by atoms with E-state index in [1.807, 2.05) is 49.4 Å². The van der Waals surface area contributed by atoms with Crippen LogP contribution < -0.4 is 4.72 Å². The van der Waals surface area contributed by atoms with Crippen molar-refractivity contribution in [3.05, 3.63) is 64.7 Å². The van der Waals surface area contributed by atoms with Gasteiger partial charge in [0, 0.05) is 6.26 Å². The quantitative estimate of drug-likeness (QED) is 0.780. The Morgan fingerprint density at radius 2 is 1.58 bits per heavy atom. The molecular formula is C19H25NO4S2. The van der Waals surface area contributed by atoms with Crippen molar-refractivity contribution in [1.29, 1.82) is 0 Å². The van der Waals surface area contributed by atoms with Crippen LogP contribution in [0.15, 0.2) is 47.4 Å². The molecule has 0 heterocycles. The molecule has 0 spiro atoms. The first-order chi connectivity index (χ1) is 12.1. The molecule has 0 amide bonds. The lowest BCUT2D eigenvalue weighted by molar-refractivity contribution is 0.205. The van der Waals surface area contributed by atoms with Gasteiger partial charge in [-0.1, -0.05) is 48.0 Å². The van der Waals surface area contributed by atoms with Crippen LogP contribution >= 0.6 is 0 Å². The first-order valence-electron chi connectivity index (χ1n) is 8.27. The molecule has 7 heteroatoms. The van der Waals surface area contributed by atoms with Crippen molar-refractivity contribution in [2.24, 2.45) is 0 Å². The molecule has 3 atom stereocenters. The van der Waals surface area contributed by atoms with Gasteiger partial charge in [0.05, 0.1) is 17.0 Å². The summed E-state index contributed by atoms with van der Waals surface area (Å²) in [6.45, 7) is 7.21. The Hall–Kier alpha value is -1.54. The first kappa shape index (κ1) is 20.8. The predicted molar refractivity (Wildman–Crippen MR) is 105 cm³/mol. The van der Waals surface area contributed by atoms with Crippen molar-refractivity contribution in [1.82, 2.24) is 4.72 Å². The van der Waals surface area contributed by atoms with Gasteiger partial charge in [-0.2, -0.15) is 0 Å². The maximum absolute atomic E-state index is 13.1. The summed E-state index contributed by atoms with van der Waals surface area (Å²) in [5.74, 6) is 0. The van der Waals surface area contributed by atoms with Crippen molar-refractivity contribution < 1.29 is 16.8 Å². The number of hydrogen-bond donors (Lipinski definition) is 1. The van der Waals surface area contributed by atoms with Gasteiger partial charge in [0.15, 0.2) is 11.1 Å². The van der Waals surface area contributed by atoms with Gasteiger partial charge in [0.1, 0.15) is 0 Å². The van der Waals surface area contributed by atoms with Gasteiger partial charge >= 0.3 is 0 Å². The molecule has 0 fully saturated rings. The molecule has 0 bridgehead atoms. The van der Waals surface area contributed by atoms with Crippen LogP contribution in [-0.2, 0) is 25.3 Å². The fraction of sp³-hybridized carbons (Fsp3) is 0.368. The topological polar surface area (TPSA) is 72.5 Å². The zero-order valence-electron chi connectivity index (χ0n) is 15.6. The second-order valence-electron chi connectivity index (χ2n) is 6.44. The van der Waals surface area contributed by atoms with Gasteiger partial charge in [0.2, 0.25) is 10.0 Å². The largest absolute Gasteiger partial charge is 0.286 e. The minimum atomic E-state index is -3.80. The summed E-state index contributed by atoms with van der Waals surface area (Å²) in [6, 6.07) is 12.2. The number of hydrogen-bond acceptors (Lipinski definition) is 4. The SMILES string of the molecule is Cc1cc(C)c(S(=O)(=O)N[C@@H](c2ccccc2)[C@@H](C)O[S@@](C)=O)c(C)c1. The highest BCUT2D eigenvalue weighted by Gasteiger charge is 2.29. The highest BCUT2D eigenvalue weighted by Crippen LogP contribution is 2.26. The molecule has 142 valence electrons. The van der Waals surface area contributed by atoms with Crippen molar-refractivity contribution in [3.8, 4) is 0 Å². The molecule has 0 aliphatic rings. The number of benzene rings is 2. The van der Waals surface area contributed by atoms with Crippen LogP contribution in [0.3, 0.4) is 0 Å². The monoisotopic (exact) mass is 395 g/mol. The molecule has 5 nitrogen and oxygen atoms in total. The Balaban J connectivity index is 2.46. The first-order valence-corrected chi connectivity index (χ1v) is 11.2. The van der Waals surface area contributed by atoms with Gasteiger partial charge in [-0.25, -0.2) is 17.3 Å². The van der Waals surface area contributed by atoms with Crippen LogP contribution in [0.2, 0.25) is 0 Å². The summed E-state index contributed by atoms with van der Waals surface area (Å²) in [4.78, 5) is 0.272. The Kier molecular flexibility index (Phi) is 6.74. The third kappa shape index (κ3) is 5.01. The number of rotatable bonds is 7. The van der Waals surface area contributed by atoms with Crippen molar-refractivity contribution >= 4 is 21.1 Å². The molecule has 0 saturated carbocycles. The summed E-state index contributed by atoms with van der Waals surface area (Å²) in [7, 11) is -3.80. The molecule has 2 rings (SSSR count). The minimum Gasteiger partial charge on any atom is -0.286 e. The second kappa shape index (κ2) is 8.43. The van der Waals surface area contributed by atoms with Crippen LogP contribution in [0.1, 0.15) is 35.2 Å². The molecule has 2 aromatic carbocycles. The summed E-state index contributed by atoms with van der Waals surface area (Å²) < 4.78 is 45.8. The smallest absolute Gasteiger partial charge is 0.241 e. The van der Waals surface area contributed by atoms with E-state index in [0.29, 0.717) is 11.1 Å². The standard InChI is InChI=1S/C19H25NO4S2/c1-13-11-14(2)19(15(3)12-13)26(22,23)20-18(16(4)24-25(5)21)17-9-7-6-8-10-17/h6-12,16,18,20H,1-5H3/t16-,18-,25+/m1/s1. The minimum absolute atomic E-state index is 0.272. The van der Waals surface area contributed by atoms with Crippen LogP contribution in [0.25, 0.3) is 0 Å². The fourth-order valence-corrected chi connectivity index (χ4v) is 5.47. The van der Waals surface area contributed by atoms with E-state index in [1.54, 1.807) is 20.8 Å². The molecule has 0 aliphatic heterocycles. The Morgan fingerprint density at radius 3 is 2.08 bits per heavy atom. The second-order valence-corrected chi connectivity index (χ2v) is 9.09. The molecule has 0 aromatic heterocycles. The van der Waals surface area contributed by atoms with Crippen LogP contribution in [0.5, 0.6) is 0 Å². The molecular weight excluding hydrogens is 370 g/mol. The summed E-state index contributed by atoms with van der Waals surface area (Å²) in [6.07, 6.45) is 0.811. The highest BCUT2D eigenvalue weighted by atomic mass is 32.2. The third-order valence-electron chi connectivity index (χ3n) is 4.07. The molecule has 2 aromatic rings. The maximum atomic E-state index is 13.1. The number of aryl methyl sites for hydroxylation is 3. The van der Waals surface area contributed by atoms with E-state index in [1.165, 1.54) is 6.26 Å². The van der Waals surface area contributed by atoms with Crippen LogP contribution in [-0.4, -0.2) is 25.0 Å². The third-order valence-corrected chi connectivity index (χ3v) is 6.39. The van der Waals surface area contributed by atoms with Crippen molar-refractivity contribution in [3.63, 3.8) is 0 Å². The average molecular weight is 396 g/mol. The summed E-state index contributed by atoms with van der Waals surface area (Å²) >= 11 is -1.51. The van der Waals surface area contributed by atoms with Crippen LogP contribution in [0.4, 0.5) is 0 Å². The molecule has 1 N–H and O–H groups in total. The van der Waals surface area contributed by atoms with E-state index in [2.05, 4.69) is 4.72 Å². The summed E-state index contributed by atoms with van der Waals surface area (Å²) in [5, 5.41) is 0. The fourth-order valence-electron chi connectivity index (χ4n) is 3.18. The van der Waals surface area contributed by atoms with Crippen molar-refractivity contribution in [2.45, 2.75) is 44.7 Å². The number of nitrogens with one attached hydrogen (secondary N) is 1. The van der Waals surface area contributed by atoms with Gasteiger partial charge in [-0.3, -0.25) is 4.18 Å². The van der Waals surface area contributed by atoms with Gasteiger partial charge in [0.25, 0.3) is 0 Å². The molecule has 26 heavy (non-hydrogen) atoms. The summed E-state index contributed by atoms with van der Waals surface area (Å²) in [5.41, 5.74) is 3.14. The normalized spacial score (nSPS) is 15.4. The molecule has 0 aliphatic carbocycles.